The van der Waals surface area contributed by atoms with Crippen molar-refractivity contribution in [2.45, 2.75) is 85.4 Å². The number of nitro benzene ring substituents is 1. The van der Waals surface area contributed by atoms with Crippen molar-refractivity contribution in [2.24, 2.45) is 0 Å². The number of benzene rings is 5. The lowest BCUT2D eigenvalue weighted by molar-refractivity contribution is -0.383. The third kappa shape index (κ3) is 19.9. The maximum atomic E-state index is 12.3. The lowest BCUT2D eigenvalue weighted by Gasteiger charge is -2.22. The number of nitrogens with zero attached hydrogens (tertiary/aromatic N) is 3. The van der Waals surface area contributed by atoms with Gasteiger partial charge in [-0.3, -0.25) is 15.4 Å². The molecule has 4 N–H and O–H groups in total. The fourth-order valence-electron chi connectivity index (χ4n) is 5.97. The number of nitrogens with two attached hydrogens (primary N) is 1. The largest absolute Gasteiger partial charge is 0.483 e. The highest BCUT2D eigenvalue weighted by molar-refractivity contribution is 7.95. The topological polar surface area (TPSA) is 223 Å². The number of nitro groups is 1. The Morgan fingerprint density at radius 3 is 2.03 bits per heavy atom. The van der Waals surface area contributed by atoms with Gasteiger partial charge >= 0.3 is 24.4 Å². The van der Waals surface area contributed by atoms with Crippen molar-refractivity contribution in [3.63, 3.8) is 0 Å². The van der Waals surface area contributed by atoms with Crippen molar-refractivity contribution >= 4 is 65.2 Å². The van der Waals surface area contributed by atoms with Gasteiger partial charge in [0.25, 0.3) is 5.69 Å². The molecule has 4 amide bonds. The first kappa shape index (κ1) is 57.9. The van der Waals surface area contributed by atoms with E-state index < -0.39 is 29.3 Å². The number of anilines is 2. The number of carbonyl (C=O) groups is 4. The van der Waals surface area contributed by atoms with Gasteiger partial charge in [-0.05, 0) is 88.1 Å². The second kappa shape index (κ2) is 29.0. The van der Waals surface area contributed by atoms with Crippen LogP contribution in [0.1, 0.15) is 78.4 Å². The molecule has 0 unspecified atom stereocenters. The Bertz CT molecular complexity index is 2520. The number of para-hydroxylation sites is 4. The Balaban J connectivity index is 0.000000261. The zero-order chi connectivity index (χ0) is 52.7. The van der Waals surface area contributed by atoms with Crippen molar-refractivity contribution in [1.29, 1.82) is 0 Å². The molecule has 5 aromatic rings. The zero-order valence-electron chi connectivity index (χ0n) is 41.6. The monoisotopic (exact) mass is 1020 g/mol. The number of hydrogen-bond donors (Lipinski definition) is 3. The van der Waals surface area contributed by atoms with Crippen LogP contribution in [0, 0.1) is 10.1 Å². The van der Waals surface area contributed by atoms with E-state index in [1.54, 1.807) is 43.4 Å². The van der Waals surface area contributed by atoms with Crippen LogP contribution in [0.2, 0.25) is 5.02 Å². The van der Waals surface area contributed by atoms with E-state index in [-0.39, 0.29) is 33.9 Å². The predicted octanol–water partition coefficient (Wildman–Crippen LogP) is 13.1. The first-order valence-corrected chi connectivity index (χ1v) is 23.6. The maximum absolute atomic E-state index is 12.3. The van der Waals surface area contributed by atoms with Crippen LogP contribution in [0.25, 0.3) is 0 Å². The number of ether oxygens (including phenoxy) is 6. The zero-order valence-corrected chi connectivity index (χ0v) is 43.1. The van der Waals surface area contributed by atoms with E-state index in [0.29, 0.717) is 35.5 Å². The molecule has 0 atom stereocenters. The third-order valence-corrected chi connectivity index (χ3v) is 10.5. The first-order chi connectivity index (χ1) is 33.7. The van der Waals surface area contributed by atoms with Gasteiger partial charge in [0.2, 0.25) is 0 Å². The number of unbranched alkanes of at least 4 members (excludes halogenated alkanes) is 1. The van der Waals surface area contributed by atoms with Crippen LogP contribution in [0.4, 0.5) is 36.2 Å². The van der Waals surface area contributed by atoms with Gasteiger partial charge < -0.3 is 39.5 Å². The Hall–Kier alpha value is -7.38. The molecule has 0 aromatic heterocycles. The van der Waals surface area contributed by atoms with E-state index in [1.807, 2.05) is 101 Å². The average molecular weight is 1020 g/mol. The summed E-state index contributed by atoms with van der Waals surface area (Å²) in [5, 5.41) is 15.7. The van der Waals surface area contributed by atoms with Gasteiger partial charge in [0, 0.05) is 44.9 Å². The van der Waals surface area contributed by atoms with Crippen LogP contribution < -0.4 is 35.3 Å². The van der Waals surface area contributed by atoms with E-state index >= 15 is 0 Å². The van der Waals surface area contributed by atoms with E-state index in [4.69, 9.17) is 45.8 Å². The van der Waals surface area contributed by atoms with E-state index in [1.165, 1.54) is 34.8 Å². The highest BCUT2D eigenvalue weighted by Gasteiger charge is 2.33. The molecule has 6 rings (SSSR count). The van der Waals surface area contributed by atoms with Crippen molar-refractivity contribution in [3.8, 4) is 28.7 Å². The Labute approximate surface area is 424 Å². The minimum atomic E-state index is -0.607. The van der Waals surface area contributed by atoms with Gasteiger partial charge in [-0.2, -0.15) is 0 Å². The van der Waals surface area contributed by atoms with Crippen LogP contribution in [0.5, 0.6) is 28.7 Å². The SMILES string of the molecule is CC(C)OC(=O)Nc1ccccc1.CCCCOC(=O)N(C)SN(C)C(=O)Oc1cccc2c1OC(C)(C)C2.CNC(=O)Oc1ccccc1C(C)C.Nc1c([N+](=O)[O-])ccc(Oc2ccccc2)c1Cl. The molecule has 5 aromatic carbocycles. The molecule has 71 heavy (non-hydrogen) atoms. The quantitative estimate of drug-likeness (QED) is 0.0328. The van der Waals surface area contributed by atoms with Crippen LogP contribution in [-0.4, -0.2) is 77.4 Å². The molecule has 18 nitrogen and oxygen atoms in total. The highest BCUT2D eigenvalue weighted by Crippen LogP contribution is 2.42. The third-order valence-electron chi connectivity index (χ3n) is 9.33. The molecule has 20 heteroatoms. The number of nitrogens with one attached hydrogen (secondary N) is 2. The standard InChI is InChI=1S/C18H26N2O5S.C12H9ClN2O3.C11H15NO2.C10H13NO2/c1-6-7-11-23-16(21)19(4)26-20(5)17(22)24-14-10-8-9-13-12-18(2,3)25-15(13)14;13-11-10(18-8-4-2-1-3-5-8)7-6-9(12(11)14)15(16)17;1-8(2)9-6-4-5-7-10(9)14-11(13)12-3;1-8(2)13-10(12)11-9-6-4-3-5-7-9/h8-10H,6-7,11-12H2,1-5H3;1-7H,14H2;4-8H,1-3H3,(H,12,13);3-8H,1-2H3,(H,11,12). The summed E-state index contributed by atoms with van der Waals surface area (Å²) in [6.45, 7) is 14.1. The van der Waals surface area contributed by atoms with Crippen molar-refractivity contribution < 1.29 is 52.5 Å². The highest BCUT2D eigenvalue weighted by atomic mass is 35.5. The summed E-state index contributed by atoms with van der Waals surface area (Å²) in [6.07, 6.45) is 0.445. The van der Waals surface area contributed by atoms with Crippen LogP contribution in [0.15, 0.2) is 115 Å². The molecule has 1 heterocycles. The number of halogens is 1. The molecule has 0 fully saturated rings. The molecule has 0 radical (unpaired) electrons. The summed E-state index contributed by atoms with van der Waals surface area (Å²) in [7, 11) is 4.60. The molecule has 0 spiro atoms. The maximum Gasteiger partial charge on any atom is 0.426 e. The van der Waals surface area contributed by atoms with Gasteiger partial charge in [-0.1, -0.05) is 106 Å². The molecular weight excluding hydrogens is 956 g/mol. The normalized spacial score (nSPS) is 11.5. The Kier molecular flexibility index (Phi) is 23.6. The van der Waals surface area contributed by atoms with Crippen molar-refractivity contribution in [2.75, 3.05) is 38.8 Å². The summed E-state index contributed by atoms with van der Waals surface area (Å²) < 4.78 is 34.4. The van der Waals surface area contributed by atoms with Gasteiger partial charge in [-0.25, -0.2) is 27.8 Å². The summed E-state index contributed by atoms with van der Waals surface area (Å²) in [4.78, 5) is 56.4. The number of nitrogen functional groups attached to an aromatic ring is 1. The Morgan fingerprint density at radius 2 is 1.42 bits per heavy atom. The fourth-order valence-corrected chi connectivity index (χ4v) is 6.76. The summed E-state index contributed by atoms with van der Waals surface area (Å²) in [6, 6.07) is 33.9. The van der Waals surface area contributed by atoms with E-state index in [9.17, 15) is 29.3 Å². The summed E-state index contributed by atoms with van der Waals surface area (Å²) >= 11 is 6.84. The molecule has 0 saturated carbocycles. The van der Waals surface area contributed by atoms with Crippen LogP contribution in [0.3, 0.4) is 0 Å². The second-order valence-electron chi connectivity index (χ2n) is 16.5. The van der Waals surface area contributed by atoms with Gasteiger partial charge in [-0.15, -0.1) is 0 Å². The lowest BCUT2D eigenvalue weighted by Crippen LogP contribution is -2.31. The van der Waals surface area contributed by atoms with Crippen LogP contribution >= 0.6 is 23.7 Å². The first-order valence-electron chi connectivity index (χ1n) is 22.5. The average Bonchev–Trinajstić information content (AvgIpc) is 3.66. The van der Waals surface area contributed by atoms with Crippen molar-refractivity contribution in [3.05, 3.63) is 142 Å². The number of hydrogen-bond acceptors (Lipinski definition) is 14. The number of fused-ring (bicyclic) bond motifs is 1. The molecule has 0 bridgehead atoms. The van der Waals surface area contributed by atoms with Gasteiger partial charge in [0.1, 0.15) is 33.6 Å². The lowest BCUT2D eigenvalue weighted by atomic mass is 10.0. The minimum Gasteiger partial charge on any atom is -0.483 e. The Morgan fingerprint density at radius 1 is 0.817 bits per heavy atom. The van der Waals surface area contributed by atoms with E-state index in [0.717, 1.165) is 48.2 Å². The predicted molar refractivity (Wildman–Crippen MR) is 277 cm³/mol. The molecule has 0 saturated heterocycles. The molecular formula is C51H63ClN6O12S. The smallest absolute Gasteiger partial charge is 0.426 e. The van der Waals surface area contributed by atoms with Crippen molar-refractivity contribution in [1.82, 2.24) is 13.9 Å². The summed E-state index contributed by atoms with van der Waals surface area (Å²) in [5.74, 6) is 2.80. The molecule has 0 aliphatic carbocycles. The second-order valence-corrected chi connectivity index (χ2v) is 18.1. The number of carbonyl (C=O) groups excluding carboxylic acids is 4. The summed E-state index contributed by atoms with van der Waals surface area (Å²) in [5.41, 5.74) is 7.71. The van der Waals surface area contributed by atoms with Crippen LogP contribution in [-0.2, 0) is 15.9 Å². The molecule has 382 valence electrons. The van der Waals surface area contributed by atoms with Gasteiger partial charge in [0.15, 0.2) is 11.5 Å². The minimum absolute atomic E-state index is 0.0352. The number of amides is 4. The fraction of sp³-hybridized carbons (Fsp3) is 0.333. The van der Waals surface area contributed by atoms with Gasteiger partial charge in [0.05, 0.1) is 29.8 Å². The molecule has 1 aliphatic rings. The number of rotatable bonds is 13. The van der Waals surface area contributed by atoms with E-state index in [2.05, 4.69) is 24.5 Å². The molecule has 1 aliphatic heterocycles.